The minimum Gasteiger partial charge on any atom is -0.465 e. The van der Waals surface area contributed by atoms with E-state index >= 15 is 0 Å². The summed E-state index contributed by atoms with van der Waals surface area (Å²) in [7, 11) is 1.27. The number of thiocarbonyl (C=S) groups is 1. The molecule has 34 heavy (non-hydrogen) atoms. The van der Waals surface area contributed by atoms with Crippen molar-refractivity contribution in [3.05, 3.63) is 51.6 Å². The zero-order valence-electron chi connectivity index (χ0n) is 19.5. The SMILES string of the molecule is CCN(CC)C(=O)c1sc(NC(=S)NNC(=O)c2oc3ccccc3c2C)c(C(=O)OC)c1C. The molecule has 180 valence electrons. The first-order chi connectivity index (χ1) is 16.2. The van der Waals surface area contributed by atoms with E-state index in [9.17, 15) is 14.4 Å². The van der Waals surface area contributed by atoms with E-state index in [1.807, 2.05) is 32.0 Å². The number of furan rings is 1. The fraction of sp³-hybridized carbons (Fsp3) is 0.304. The molecule has 1 aromatic carbocycles. The van der Waals surface area contributed by atoms with Crippen LogP contribution < -0.4 is 16.2 Å². The minimum atomic E-state index is -0.598. The predicted octanol–water partition coefficient (Wildman–Crippen LogP) is 4.01. The summed E-state index contributed by atoms with van der Waals surface area (Å²) in [4.78, 5) is 40.0. The molecule has 9 nitrogen and oxygen atoms in total. The second-order valence-corrected chi connectivity index (χ2v) is 8.74. The van der Waals surface area contributed by atoms with Gasteiger partial charge in [-0.3, -0.25) is 20.4 Å². The van der Waals surface area contributed by atoms with Gasteiger partial charge in [0.05, 0.1) is 17.6 Å². The van der Waals surface area contributed by atoms with Crippen LogP contribution in [0.2, 0.25) is 0 Å². The van der Waals surface area contributed by atoms with Gasteiger partial charge in [0.2, 0.25) is 0 Å². The van der Waals surface area contributed by atoms with E-state index in [0.717, 1.165) is 16.7 Å². The number of carbonyl (C=O) groups is 3. The third kappa shape index (κ3) is 4.90. The van der Waals surface area contributed by atoms with Gasteiger partial charge in [0.25, 0.3) is 5.91 Å². The largest absolute Gasteiger partial charge is 0.465 e. The van der Waals surface area contributed by atoms with Crippen LogP contribution in [0.4, 0.5) is 5.00 Å². The number of nitrogens with one attached hydrogen (secondary N) is 3. The maximum absolute atomic E-state index is 12.9. The second-order valence-electron chi connectivity index (χ2n) is 7.31. The van der Waals surface area contributed by atoms with Crippen LogP contribution in [0.1, 0.15) is 55.6 Å². The number of benzene rings is 1. The summed E-state index contributed by atoms with van der Waals surface area (Å²) in [5, 5.41) is 4.09. The number of esters is 1. The van der Waals surface area contributed by atoms with Crippen molar-refractivity contribution in [3.8, 4) is 0 Å². The van der Waals surface area contributed by atoms with E-state index in [-0.39, 0.29) is 22.3 Å². The maximum Gasteiger partial charge on any atom is 0.341 e. The van der Waals surface area contributed by atoms with E-state index in [0.29, 0.717) is 39.7 Å². The van der Waals surface area contributed by atoms with Crippen molar-refractivity contribution in [1.82, 2.24) is 15.8 Å². The van der Waals surface area contributed by atoms with Gasteiger partial charge in [-0.2, -0.15) is 0 Å². The highest BCUT2D eigenvalue weighted by molar-refractivity contribution is 7.80. The summed E-state index contributed by atoms with van der Waals surface area (Å²) >= 11 is 6.39. The van der Waals surface area contributed by atoms with Crippen molar-refractivity contribution in [1.29, 1.82) is 0 Å². The second kappa shape index (κ2) is 10.7. The molecule has 0 aliphatic carbocycles. The first kappa shape index (κ1) is 25.2. The van der Waals surface area contributed by atoms with E-state index < -0.39 is 11.9 Å². The van der Waals surface area contributed by atoms with Crippen LogP contribution in [0.15, 0.2) is 28.7 Å². The summed E-state index contributed by atoms with van der Waals surface area (Å²) in [5.41, 5.74) is 7.12. The Bertz CT molecular complexity index is 1260. The van der Waals surface area contributed by atoms with E-state index in [1.165, 1.54) is 7.11 Å². The summed E-state index contributed by atoms with van der Waals surface area (Å²) in [5.74, 6) is -1.13. The highest BCUT2D eigenvalue weighted by atomic mass is 32.1. The molecular formula is C23H26N4O5S2. The van der Waals surface area contributed by atoms with E-state index in [2.05, 4.69) is 16.2 Å². The van der Waals surface area contributed by atoms with E-state index in [1.54, 1.807) is 24.8 Å². The molecule has 3 rings (SSSR count). The van der Waals surface area contributed by atoms with Gasteiger partial charge in [-0.25, -0.2) is 4.79 Å². The lowest BCUT2D eigenvalue weighted by Gasteiger charge is -2.17. The zero-order valence-corrected chi connectivity index (χ0v) is 21.2. The van der Waals surface area contributed by atoms with Crippen LogP contribution in [0.5, 0.6) is 0 Å². The molecule has 3 aromatic rings. The van der Waals surface area contributed by atoms with Gasteiger partial charge < -0.3 is 19.4 Å². The highest BCUT2D eigenvalue weighted by Gasteiger charge is 2.27. The molecule has 2 amide bonds. The summed E-state index contributed by atoms with van der Waals surface area (Å²) in [6, 6.07) is 7.34. The first-order valence-electron chi connectivity index (χ1n) is 10.6. The molecule has 0 radical (unpaired) electrons. The lowest BCUT2D eigenvalue weighted by molar-refractivity contribution is 0.0601. The molecule has 0 saturated carbocycles. The first-order valence-corrected chi connectivity index (χ1v) is 11.8. The van der Waals surface area contributed by atoms with Crippen molar-refractivity contribution in [2.24, 2.45) is 0 Å². The van der Waals surface area contributed by atoms with Gasteiger partial charge in [-0.05, 0) is 51.5 Å². The Morgan fingerprint density at radius 1 is 1.09 bits per heavy atom. The molecule has 2 aromatic heterocycles. The van der Waals surface area contributed by atoms with Crippen LogP contribution in [0.25, 0.3) is 11.0 Å². The molecule has 0 atom stereocenters. The summed E-state index contributed by atoms with van der Waals surface area (Å²) in [6.07, 6.45) is 0. The number of carbonyl (C=O) groups excluding carboxylic acids is 3. The van der Waals surface area contributed by atoms with Gasteiger partial charge >= 0.3 is 11.9 Å². The number of thiophene rings is 1. The molecule has 0 saturated heterocycles. The smallest absolute Gasteiger partial charge is 0.341 e. The van der Waals surface area contributed by atoms with Crippen molar-refractivity contribution in [2.45, 2.75) is 27.7 Å². The average Bonchev–Trinajstić information content (AvgIpc) is 3.34. The number of methoxy groups -OCH3 is 1. The molecule has 0 fully saturated rings. The number of para-hydroxylation sites is 1. The van der Waals surface area contributed by atoms with Crippen LogP contribution in [0, 0.1) is 13.8 Å². The number of amides is 2. The molecule has 11 heteroatoms. The number of nitrogens with zero attached hydrogens (tertiary/aromatic N) is 1. The van der Waals surface area contributed by atoms with Crippen LogP contribution in [-0.2, 0) is 4.74 Å². The van der Waals surface area contributed by atoms with Crippen molar-refractivity contribution in [3.63, 3.8) is 0 Å². The number of fused-ring (bicyclic) bond motifs is 1. The molecule has 3 N–H and O–H groups in total. The number of aryl methyl sites for hydroxylation is 1. The Hall–Kier alpha value is -3.44. The Labute approximate surface area is 206 Å². The van der Waals surface area contributed by atoms with Crippen LogP contribution >= 0.6 is 23.6 Å². The fourth-order valence-electron chi connectivity index (χ4n) is 3.50. The molecule has 0 aliphatic heterocycles. The highest BCUT2D eigenvalue weighted by Crippen LogP contribution is 2.34. The maximum atomic E-state index is 12.9. The quantitative estimate of drug-likeness (QED) is 0.263. The molecular weight excluding hydrogens is 476 g/mol. The number of hydrogen-bond acceptors (Lipinski definition) is 7. The van der Waals surface area contributed by atoms with Crippen molar-refractivity contribution < 1.29 is 23.5 Å². The molecule has 2 heterocycles. The topological polar surface area (TPSA) is 113 Å². The minimum absolute atomic E-state index is 0.0235. The Balaban J connectivity index is 1.77. The number of ether oxygens (including phenoxy) is 1. The third-order valence-electron chi connectivity index (χ3n) is 5.35. The fourth-order valence-corrected chi connectivity index (χ4v) is 4.89. The molecule has 0 aliphatic rings. The number of rotatable bonds is 6. The van der Waals surface area contributed by atoms with Gasteiger partial charge in [-0.15, -0.1) is 11.3 Å². The van der Waals surface area contributed by atoms with Crippen LogP contribution in [-0.4, -0.2) is 48.0 Å². The Morgan fingerprint density at radius 2 is 1.76 bits per heavy atom. The molecule has 0 spiro atoms. The van der Waals surface area contributed by atoms with Crippen LogP contribution in [0.3, 0.4) is 0 Å². The molecule has 0 unspecified atom stereocenters. The lowest BCUT2D eigenvalue weighted by Crippen LogP contribution is -2.43. The number of anilines is 1. The molecule has 0 bridgehead atoms. The lowest BCUT2D eigenvalue weighted by atomic mass is 10.1. The summed E-state index contributed by atoms with van der Waals surface area (Å²) in [6.45, 7) is 8.33. The Kier molecular flexibility index (Phi) is 7.90. The average molecular weight is 503 g/mol. The van der Waals surface area contributed by atoms with Gasteiger partial charge in [0.15, 0.2) is 10.9 Å². The van der Waals surface area contributed by atoms with Crippen molar-refractivity contribution in [2.75, 3.05) is 25.5 Å². The number of hydrogen-bond donors (Lipinski definition) is 3. The standard InChI is InChI=1S/C23H26N4O5S2/c1-6-27(7-2)21(29)18-13(4)16(22(30)31-5)20(34-18)24-23(33)26-25-19(28)17-12(3)14-10-8-9-11-15(14)32-17/h8-11H,6-7H2,1-5H3,(H,25,28)(H2,24,26,33). The number of hydrazine groups is 1. The summed E-state index contributed by atoms with van der Waals surface area (Å²) < 4.78 is 10.5. The van der Waals surface area contributed by atoms with Gasteiger partial charge in [0.1, 0.15) is 10.6 Å². The predicted molar refractivity (Wildman–Crippen MR) is 135 cm³/mol. The Morgan fingerprint density at radius 3 is 2.38 bits per heavy atom. The van der Waals surface area contributed by atoms with Gasteiger partial charge in [0, 0.05) is 24.0 Å². The zero-order chi connectivity index (χ0) is 25.0. The van der Waals surface area contributed by atoms with E-state index in [4.69, 9.17) is 21.4 Å². The monoisotopic (exact) mass is 502 g/mol. The normalized spacial score (nSPS) is 10.6. The van der Waals surface area contributed by atoms with Gasteiger partial charge in [-0.1, -0.05) is 18.2 Å². The van der Waals surface area contributed by atoms with Crippen molar-refractivity contribution >= 4 is 62.4 Å². The third-order valence-corrected chi connectivity index (χ3v) is 6.75.